The van der Waals surface area contributed by atoms with E-state index < -0.39 is 10.0 Å². The molecule has 1 amide bonds. The minimum absolute atomic E-state index is 0.0787. The largest absolute Gasteiger partial charge is 0.468 e. The van der Waals surface area contributed by atoms with Gasteiger partial charge in [-0.3, -0.25) is 9.78 Å². The average Bonchev–Trinajstić information content (AvgIpc) is 3.25. The zero-order valence-electron chi connectivity index (χ0n) is 15.9. The van der Waals surface area contributed by atoms with Gasteiger partial charge >= 0.3 is 0 Å². The van der Waals surface area contributed by atoms with Crippen molar-refractivity contribution >= 4 is 22.0 Å². The molecule has 29 heavy (non-hydrogen) atoms. The first kappa shape index (κ1) is 20.5. The third kappa shape index (κ3) is 5.87. The van der Waals surface area contributed by atoms with E-state index in [0.717, 1.165) is 11.1 Å². The molecule has 3 rings (SSSR count). The molecule has 0 radical (unpaired) electrons. The van der Waals surface area contributed by atoms with Gasteiger partial charge in [0.2, 0.25) is 15.9 Å². The van der Waals surface area contributed by atoms with Crippen LogP contribution in [0.1, 0.15) is 16.9 Å². The summed E-state index contributed by atoms with van der Waals surface area (Å²) in [7, 11) is -1.93. The van der Waals surface area contributed by atoms with Gasteiger partial charge < -0.3 is 9.32 Å². The van der Waals surface area contributed by atoms with Crippen molar-refractivity contribution in [2.24, 2.45) is 0 Å². The van der Waals surface area contributed by atoms with Gasteiger partial charge in [-0.05, 0) is 53.6 Å². The van der Waals surface area contributed by atoms with Crippen LogP contribution in [0.3, 0.4) is 0 Å². The number of rotatable bonds is 8. The minimum Gasteiger partial charge on any atom is -0.468 e. The Labute approximate surface area is 169 Å². The van der Waals surface area contributed by atoms with Crippen LogP contribution in [-0.2, 0) is 27.9 Å². The summed E-state index contributed by atoms with van der Waals surface area (Å²) in [5.41, 5.74) is 1.71. The zero-order chi connectivity index (χ0) is 20.7. The number of nitrogens with one attached hydrogen (secondary N) is 1. The number of carbonyl (C=O) groups is 1. The van der Waals surface area contributed by atoms with Crippen LogP contribution in [0.15, 0.2) is 82.6 Å². The predicted octanol–water partition coefficient (Wildman–Crippen LogP) is 2.82. The fourth-order valence-corrected chi connectivity index (χ4v) is 3.55. The Morgan fingerprint density at radius 2 is 1.86 bits per heavy atom. The topological polar surface area (TPSA) is 92.5 Å². The summed E-state index contributed by atoms with van der Waals surface area (Å²) in [5, 5.41) is 0. The fraction of sp³-hybridized carbons (Fsp3) is 0.143. The van der Waals surface area contributed by atoms with E-state index in [-0.39, 0.29) is 17.3 Å². The van der Waals surface area contributed by atoms with Gasteiger partial charge in [0.05, 0.1) is 17.7 Å². The smallest absolute Gasteiger partial charge is 0.246 e. The van der Waals surface area contributed by atoms with E-state index in [1.54, 1.807) is 54.7 Å². The van der Waals surface area contributed by atoms with Crippen LogP contribution in [0.4, 0.5) is 0 Å². The number of hydrogen-bond acceptors (Lipinski definition) is 5. The molecule has 150 valence electrons. The summed E-state index contributed by atoms with van der Waals surface area (Å²) in [6, 6.07) is 13.4. The first-order valence-corrected chi connectivity index (χ1v) is 10.4. The average molecular weight is 411 g/mol. The van der Waals surface area contributed by atoms with Crippen molar-refractivity contribution in [1.29, 1.82) is 0 Å². The number of sulfonamides is 1. The monoisotopic (exact) mass is 411 g/mol. The number of nitrogens with zero attached hydrogens (tertiary/aromatic N) is 2. The number of likely N-dealkylation sites (N-methyl/N-ethyl adjacent to an activating group) is 1. The molecule has 2 aromatic heterocycles. The zero-order valence-corrected chi connectivity index (χ0v) is 16.7. The molecule has 7 nitrogen and oxygen atoms in total. The maximum absolute atomic E-state index is 12.3. The highest BCUT2D eigenvalue weighted by Crippen LogP contribution is 2.13. The first-order chi connectivity index (χ1) is 13.9. The van der Waals surface area contributed by atoms with Crippen molar-refractivity contribution < 1.29 is 17.6 Å². The van der Waals surface area contributed by atoms with E-state index in [1.165, 1.54) is 24.5 Å². The predicted molar refractivity (Wildman–Crippen MR) is 109 cm³/mol. The quantitative estimate of drug-likeness (QED) is 0.576. The van der Waals surface area contributed by atoms with Crippen LogP contribution in [0.5, 0.6) is 0 Å². The fourth-order valence-electron chi connectivity index (χ4n) is 2.56. The number of furan rings is 1. The van der Waals surface area contributed by atoms with Crippen molar-refractivity contribution in [2.45, 2.75) is 18.0 Å². The van der Waals surface area contributed by atoms with Crippen LogP contribution in [0.25, 0.3) is 6.08 Å². The van der Waals surface area contributed by atoms with Gasteiger partial charge in [-0.25, -0.2) is 13.1 Å². The number of carbonyl (C=O) groups excluding carboxylic acids is 1. The highest BCUT2D eigenvalue weighted by Gasteiger charge is 2.14. The summed E-state index contributed by atoms with van der Waals surface area (Å²) >= 11 is 0. The molecular weight excluding hydrogens is 390 g/mol. The maximum Gasteiger partial charge on any atom is 0.246 e. The summed E-state index contributed by atoms with van der Waals surface area (Å²) in [6.07, 6.45) is 7.96. The van der Waals surface area contributed by atoms with Gasteiger partial charge in [0.15, 0.2) is 0 Å². The van der Waals surface area contributed by atoms with Gasteiger partial charge in [0.25, 0.3) is 0 Å². The molecule has 0 aliphatic heterocycles. The lowest BCUT2D eigenvalue weighted by atomic mass is 10.2. The molecule has 0 unspecified atom stereocenters. The molecule has 0 saturated carbocycles. The van der Waals surface area contributed by atoms with Crippen molar-refractivity contribution in [3.05, 3.63) is 90.2 Å². The second-order valence-electron chi connectivity index (χ2n) is 6.36. The van der Waals surface area contributed by atoms with Gasteiger partial charge in [-0.15, -0.1) is 0 Å². The van der Waals surface area contributed by atoms with Gasteiger partial charge in [-0.2, -0.15) is 0 Å². The van der Waals surface area contributed by atoms with Gasteiger partial charge in [-0.1, -0.05) is 12.1 Å². The van der Waals surface area contributed by atoms with Crippen molar-refractivity contribution in [3.63, 3.8) is 0 Å². The Hall–Kier alpha value is -3.23. The van der Waals surface area contributed by atoms with E-state index in [4.69, 9.17) is 4.42 Å². The van der Waals surface area contributed by atoms with E-state index in [1.807, 2.05) is 12.1 Å². The molecule has 0 spiro atoms. The Morgan fingerprint density at radius 1 is 1.14 bits per heavy atom. The SMILES string of the molecule is CN(Cc1ccncc1)C(=O)/C=C/c1ccc(S(=O)(=O)NCc2ccco2)cc1. The van der Waals surface area contributed by atoms with E-state index in [0.29, 0.717) is 12.3 Å². The maximum atomic E-state index is 12.3. The molecule has 0 aliphatic rings. The Balaban J connectivity index is 1.58. The van der Waals surface area contributed by atoms with Crippen LogP contribution >= 0.6 is 0 Å². The molecular formula is C21H21N3O4S. The molecule has 1 N–H and O–H groups in total. The lowest BCUT2D eigenvalue weighted by molar-refractivity contribution is -0.125. The van der Waals surface area contributed by atoms with Crippen molar-refractivity contribution in [2.75, 3.05) is 7.05 Å². The van der Waals surface area contributed by atoms with Crippen LogP contribution in [0, 0.1) is 0 Å². The van der Waals surface area contributed by atoms with E-state index in [9.17, 15) is 13.2 Å². The van der Waals surface area contributed by atoms with Crippen molar-refractivity contribution in [1.82, 2.24) is 14.6 Å². The van der Waals surface area contributed by atoms with Gasteiger partial charge in [0.1, 0.15) is 5.76 Å². The summed E-state index contributed by atoms with van der Waals surface area (Å²) in [4.78, 5) is 17.9. The van der Waals surface area contributed by atoms with E-state index >= 15 is 0 Å². The summed E-state index contributed by atoms with van der Waals surface area (Å²) in [5.74, 6) is 0.376. The number of aromatic nitrogens is 1. The molecule has 0 bridgehead atoms. The molecule has 0 saturated heterocycles. The van der Waals surface area contributed by atoms with Crippen LogP contribution < -0.4 is 4.72 Å². The first-order valence-electron chi connectivity index (χ1n) is 8.88. The number of hydrogen-bond donors (Lipinski definition) is 1. The number of benzene rings is 1. The normalized spacial score (nSPS) is 11.6. The molecule has 0 atom stereocenters. The van der Waals surface area contributed by atoms with Crippen molar-refractivity contribution in [3.8, 4) is 0 Å². The molecule has 8 heteroatoms. The minimum atomic E-state index is -3.65. The molecule has 1 aromatic carbocycles. The standard InChI is InChI=1S/C21H21N3O4S/c1-24(16-18-10-12-22-13-11-18)21(25)9-6-17-4-7-20(8-5-17)29(26,27)23-15-19-3-2-14-28-19/h2-14,23H,15-16H2,1H3/b9-6+. The lowest BCUT2D eigenvalue weighted by Gasteiger charge is -2.14. The van der Waals surface area contributed by atoms with Crippen LogP contribution in [-0.4, -0.2) is 31.3 Å². The molecule has 0 aliphatic carbocycles. The van der Waals surface area contributed by atoms with Gasteiger partial charge in [0, 0.05) is 32.1 Å². The van der Waals surface area contributed by atoms with E-state index in [2.05, 4.69) is 9.71 Å². The Morgan fingerprint density at radius 3 is 2.52 bits per heavy atom. The third-order valence-corrected chi connectivity index (χ3v) is 5.59. The Bertz CT molecular complexity index is 1060. The molecule has 2 heterocycles. The number of pyridine rings is 1. The highest BCUT2D eigenvalue weighted by molar-refractivity contribution is 7.89. The Kier molecular flexibility index (Phi) is 6.58. The molecule has 0 fully saturated rings. The number of amides is 1. The van der Waals surface area contributed by atoms with Crippen LogP contribution in [0.2, 0.25) is 0 Å². The summed E-state index contributed by atoms with van der Waals surface area (Å²) < 4.78 is 32.3. The highest BCUT2D eigenvalue weighted by atomic mass is 32.2. The second-order valence-corrected chi connectivity index (χ2v) is 8.12. The molecule has 3 aromatic rings. The lowest BCUT2D eigenvalue weighted by Crippen LogP contribution is -2.24. The summed E-state index contributed by atoms with van der Waals surface area (Å²) in [6.45, 7) is 0.555. The third-order valence-electron chi connectivity index (χ3n) is 4.17. The second kappa shape index (κ2) is 9.31.